The van der Waals surface area contributed by atoms with Crippen molar-refractivity contribution in [2.75, 3.05) is 7.11 Å². The molecule has 1 heterocycles. The summed E-state index contributed by atoms with van der Waals surface area (Å²) < 4.78 is 18.2. The van der Waals surface area contributed by atoms with Crippen molar-refractivity contribution in [3.8, 4) is 11.5 Å². The van der Waals surface area contributed by atoms with Crippen LogP contribution in [0, 0.1) is 5.92 Å². The number of carbonyl (C=O) groups excluding carboxylic acids is 1. The molecule has 3 aliphatic carbocycles. The molecule has 5 nitrogen and oxygen atoms in total. The van der Waals surface area contributed by atoms with E-state index in [0.29, 0.717) is 24.4 Å². The van der Waals surface area contributed by atoms with E-state index < -0.39 is 17.1 Å². The average Bonchev–Trinajstić information content (AvgIpc) is 3.32. The van der Waals surface area contributed by atoms with Gasteiger partial charge in [-0.15, -0.1) is 0 Å². The Morgan fingerprint density at radius 1 is 1.02 bits per heavy atom. The van der Waals surface area contributed by atoms with Crippen LogP contribution >= 0.6 is 0 Å². The second kappa shape index (κ2) is 13.8. The minimum absolute atomic E-state index is 0.189. The minimum Gasteiger partial charge on any atom is -0.493 e. The molecule has 0 radical (unpaired) electrons. The Morgan fingerprint density at radius 2 is 1.73 bits per heavy atom. The molecule has 1 aliphatic heterocycles. The van der Waals surface area contributed by atoms with Crippen LogP contribution in [0.1, 0.15) is 134 Å². The Balaban J connectivity index is 1.05. The summed E-state index contributed by atoms with van der Waals surface area (Å²) in [7, 11) is 1.66. The van der Waals surface area contributed by atoms with E-state index >= 15 is 0 Å². The van der Waals surface area contributed by atoms with Crippen LogP contribution < -0.4 is 9.47 Å². The maximum absolute atomic E-state index is 12.9. The zero-order valence-electron chi connectivity index (χ0n) is 25.6. The number of allylic oxidation sites excluding steroid dienone is 2. The zero-order valence-corrected chi connectivity index (χ0v) is 25.6. The van der Waals surface area contributed by atoms with E-state index in [1.165, 1.54) is 63.4 Å². The van der Waals surface area contributed by atoms with E-state index in [9.17, 15) is 9.90 Å². The normalized spacial score (nSPS) is 27.3. The van der Waals surface area contributed by atoms with Crippen LogP contribution in [0.15, 0.2) is 36.1 Å². The van der Waals surface area contributed by atoms with Crippen molar-refractivity contribution in [3.63, 3.8) is 0 Å². The lowest BCUT2D eigenvalue weighted by atomic mass is 9.47. The Bertz CT molecular complexity index is 1110. The summed E-state index contributed by atoms with van der Waals surface area (Å²) in [6.45, 7) is 2.27. The molecule has 5 rings (SSSR count). The smallest absolute Gasteiger partial charge is 0.310 e. The minimum atomic E-state index is -0.875. The predicted octanol–water partition coefficient (Wildman–Crippen LogP) is 8.65. The second-order valence-electron chi connectivity index (χ2n) is 12.9. The van der Waals surface area contributed by atoms with E-state index in [-0.39, 0.29) is 11.9 Å². The van der Waals surface area contributed by atoms with Crippen LogP contribution in [0.3, 0.4) is 0 Å². The van der Waals surface area contributed by atoms with Crippen LogP contribution in [0.4, 0.5) is 0 Å². The van der Waals surface area contributed by atoms with Gasteiger partial charge in [-0.2, -0.15) is 0 Å². The van der Waals surface area contributed by atoms with Crippen LogP contribution in [0.2, 0.25) is 0 Å². The van der Waals surface area contributed by atoms with Gasteiger partial charge in [0.05, 0.1) is 18.1 Å². The first-order valence-corrected chi connectivity index (χ1v) is 16.7. The molecule has 5 heteroatoms. The summed E-state index contributed by atoms with van der Waals surface area (Å²) in [5, 5.41) is 12.2. The number of methoxy groups -OCH3 is 1. The Morgan fingerprint density at radius 3 is 2.46 bits per heavy atom. The first-order valence-electron chi connectivity index (χ1n) is 16.7. The molecule has 1 fully saturated rings. The lowest BCUT2D eigenvalue weighted by Crippen LogP contribution is -2.67. The van der Waals surface area contributed by atoms with Crippen molar-refractivity contribution in [1.82, 2.24) is 0 Å². The Hall–Kier alpha value is -2.27. The van der Waals surface area contributed by atoms with Crippen molar-refractivity contribution >= 4 is 5.97 Å². The number of rotatable bonds is 17. The topological polar surface area (TPSA) is 65.0 Å². The van der Waals surface area contributed by atoms with E-state index in [1.54, 1.807) is 7.11 Å². The molecule has 0 unspecified atom stereocenters. The van der Waals surface area contributed by atoms with Crippen molar-refractivity contribution < 1.29 is 24.1 Å². The molecule has 41 heavy (non-hydrogen) atoms. The van der Waals surface area contributed by atoms with E-state index in [4.69, 9.17) is 14.2 Å². The van der Waals surface area contributed by atoms with Gasteiger partial charge in [0.15, 0.2) is 17.6 Å². The summed E-state index contributed by atoms with van der Waals surface area (Å²) in [5.41, 5.74) is 0.901. The van der Waals surface area contributed by atoms with Gasteiger partial charge in [0.1, 0.15) is 5.76 Å². The number of hydrogen-bond donors (Lipinski definition) is 1. The Kier molecular flexibility index (Phi) is 10.2. The highest BCUT2D eigenvalue weighted by molar-refractivity contribution is 5.71. The molecule has 1 saturated carbocycles. The standard InChI is InChI=1S/C36H52O5/c1-3-4-5-6-7-8-9-10-11-12-13-14-15-16-17-20-31(37)40-30-23-25-36(38)28-19-18-24-35(36)32-27(26-28)21-22-29(39-2)33(32)41-34(30)35/h10-11,21-23,28,34,38H,3-9,12-20,24-26H2,1-2H3/b11-10-/t28-,34+,35+,36-/m1/s1. The quantitative estimate of drug-likeness (QED) is 0.117. The molecular weight excluding hydrogens is 512 g/mol. The van der Waals surface area contributed by atoms with Gasteiger partial charge in [-0.05, 0) is 81.4 Å². The summed E-state index contributed by atoms with van der Waals surface area (Å²) in [6.07, 6.45) is 26.9. The van der Waals surface area contributed by atoms with Gasteiger partial charge in [0, 0.05) is 12.0 Å². The number of ether oxygens (including phenoxy) is 3. The van der Waals surface area contributed by atoms with Crippen molar-refractivity contribution in [2.45, 2.75) is 146 Å². The summed E-state index contributed by atoms with van der Waals surface area (Å²) >= 11 is 0. The fraction of sp³-hybridized carbons (Fsp3) is 0.694. The maximum Gasteiger partial charge on any atom is 0.310 e. The number of esters is 1. The molecule has 0 saturated heterocycles. The summed E-state index contributed by atoms with van der Waals surface area (Å²) in [6, 6.07) is 4.12. The third-order valence-corrected chi connectivity index (χ3v) is 10.3. The van der Waals surface area contributed by atoms with Gasteiger partial charge < -0.3 is 19.3 Å². The monoisotopic (exact) mass is 564 g/mol. The molecular formula is C36H52O5. The first-order chi connectivity index (χ1) is 20.0. The van der Waals surface area contributed by atoms with Crippen LogP contribution in [0.25, 0.3) is 0 Å². The van der Waals surface area contributed by atoms with Crippen molar-refractivity contribution in [2.24, 2.45) is 5.92 Å². The van der Waals surface area contributed by atoms with Crippen LogP contribution in [-0.2, 0) is 21.4 Å². The number of benzene rings is 1. The molecule has 0 amide bonds. The molecule has 1 aromatic carbocycles. The van der Waals surface area contributed by atoms with Crippen molar-refractivity contribution in [1.29, 1.82) is 0 Å². The van der Waals surface area contributed by atoms with Gasteiger partial charge in [-0.25, -0.2) is 0 Å². The lowest BCUT2D eigenvalue weighted by Gasteiger charge is -2.59. The highest BCUT2D eigenvalue weighted by Gasteiger charge is 2.70. The van der Waals surface area contributed by atoms with E-state index in [2.05, 4.69) is 25.1 Å². The van der Waals surface area contributed by atoms with Crippen LogP contribution in [0.5, 0.6) is 11.5 Å². The molecule has 0 aromatic heterocycles. The van der Waals surface area contributed by atoms with E-state index in [1.807, 2.05) is 12.1 Å². The molecule has 226 valence electrons. The largest absolute Gasteiger partial charge is 0.493 e. The fourth-order valence-electron chi connectivity index (χ4n) is 8.20. The molecule has 4 atom stereocenters. The highest BCUT2D eigenvalue weighted by atomic mass is 16.6. The highest BCUT2D eigenvalue weighted by Crippen LogP contribution is 2.67. The molecule has 1 N–H and O–H groups in total. The molecule has 4 aliphatic rings. The first kappa shape index (κ1) is 30.2. The number of carbonyl (C=O) groups is 1. The maximum atomic E-state index is 12.9. The number of aliphatic hydroxyl groups is 1. The summed E-state index contributed by atoms with van der Waals surface area (Å²) in [4.78, 5) is 12.9. The van der Waals surface area contributed by atoms with Gasteiger partial charge in [-0.1, -0.05) is 82.9 Å². The van der Waals surface area contributed by atoms with Crippen molar-refractivity contribution in [3.05, 3.63) is 47.2 Å². The number of hydrogen-bond acceptors (Lipinski definition) is 5. The third-order valence-electron chi connectivity index (χ3n) is 10.3. The molecule has 2 bridgehead atoms. The summed E-state index contributed by atoms with van der Waals surface area (Å²) in [5.74, 6) is 2.01. The third kappa shape index (κ3) is 5.98. The zero-order chi connectivity index (χ0) is 28.7. The fourth-order valence-corrected chi connectivity index (χ4v) is 8.20. The average molecular weight is 565 g/mol. The molecule has 1 spiro atoms. The predicted molar refractivity (Wildman–Crippen MR) is 163 cm³/mol. The van der Waals surface area contributed by atoms with Gasteiger partial charge in [0.25, 0.3) is 0 Å². The van der Waals surface area contributed by atoms with E-state index in [0.717, 1.165) is 62.7 Å². The SMILES string of the molecule is CCCCCCCC/C=C\CCCCCCCC(=O)OC1=CC[C@@]2(O)[C@@H]3CCC[C@@]24c2c(ccc(OC)c2O[C@@H]14)C3. The molecule has 1 aromatic rings. The van der Waals surface area contributed by atoms with Gasteiger partial charge in [0.2, 0.25) is 0 Å². The van der Waals surface area contributed by atoms with Gasteiger partial charge >= 0.3 is 5.97 Å². The van der Waals surface area contributed by atoms with Gasteiger partial charge in [-0.3, -0.25) is 4.79 Å². The second-order valence-corrected chi connectivity index (χ2v) is 12.9. The number of unbranched alkanes of at least 4 members (excludes halogenated alkanes) is 11. The lowest BCUT2D eigenvalue weighted by molar-refractivity contribution is -0.160. The Labute approximate surface area is 247 Å². The van der Waals surface area contributed by atoms with Crippen LogP contribution in [-0.4, -0.2) is 29.9 Å².